The highest BCUT2D eigenvalue weighted by molar-refractivity contribution is 6.04. The zero-order chi connectivity index (χ0) is 13.3. The van der Waals surface area contributed by atoms with Crippen LogP contribution in [0.5, 0.6) is 23.0 Å². The van der Waals surface area contributed by atoms with Crippen molar-refractivity contribution >= 4 is 16.5 Å². The first kappa shape index (κ1) is 12.2. The van der Waals surface area contributed by atoms with E-state index < -0.39 is 0 Å². The number of aromatic hydroxyl groups is 4. The van der Waals surface area contributed by atoms with E-state index in [-0.39, 0.29) is 33.8 Å². The van der Waals surface area contributed by atoms with Gasteiger partial charge >= 0.3 is 0 Å². The number of hydrogen-bond acceptors (Lipinski definition) is 5. The molecule has 5 nitrogen and oxygen atoms in total. The van der Waals surface area contributed by atoms with Gasteiger partial charge in [0, 0.05) is 12.6 Å². The molecule has 0 aliphatic heterocycles. The maximum absolute atomic E-state index is 10.1. The zero-order valence-electron chi connectivity index (χ0n) is 9.94. The molecule has 0 aliphatic carbocycles. The third kappa shape index (κ3) is 1.84. The van der Waals surface area contributed by atoms with Gasteiger partial charge in [0.1, 0.15) is 17.2 Å². The lowest BCUT2D eigenvalue weighted by atomic mass is 10.0. The lowest BCUT2D eigenvalue weighted by Gasteiger charge is -2.13. The van der Waals surface area contributed by atoms with Gasteiger partial charge < -0.3 is 25.7 Å². The van der Waals surface area contributed by atoms with Crippen molar-refractivity contribution in [2.75, 3.05) is 11.9 Å². The number of nitrogens with one attached hydrogen (secondary N) is 1. The highest BCUT2D eigenvalue weighted by atomic mass is 16.3. The second-order valence-corrected chi connectivity index (χ2v) is 4.07. The Bertz CT molecular complexity index is 595. The normalized spacial score (nSPS) is 10.7. The molecule has 0 amide bonds. The quantitative estimate of drug-likeness (QED) is 0.425. The summed E-state index contributed by atoms with van der Waals surface area (Å²) < 4.78 is 0. The van der Waals surface area contributed by atoms with E-state index in [4.69, 9.17) is 0 Å². The van der Waals surface area contributed by atoms with Crippen molar-refractivity contribution in [2.24, 2.45) is 0 Å². The molecular weight excluding hydrogens is 234 g/mol. The van der Waals surface area contributed by atoms with Gasteiger partial charge in [-0.25, -0.2) is 0 Å². The van der Waals surface area contributed by atoms with Crippen LogP contribution in [0.15, 0.2) is 18.2 Å². The fourth-order valence-electron chi connectivity index (χ4n) is 1.89. The van der Waals surface area contributed by atoms with Gasteiger partial charge in [-0.2, -0.15) is 0 Å². The maximum Gasteiger partial charge on any atom is 0.150 e. The summed E-state index contributed by atoms with van der Waals surface area (Å²) in [5.74, 6) is -0.784. The molecule has 0 spiro atoms. The highest BCUT2D eigenvalue weighted by Gasteiger charge is 2.17. The molecular formula is C13H15NO4. The minimum Gasteiger partial charge on any atom is -0.507 e. The monoisotopic (exact) mass is 249 g/mol. The Balaban J connectivity index is 2.73. The number of phenolic OH excluding ortho intramolecular Hbond substituents is 4. The fourth-order valence-corrected chi connectivity index (χ4v) is 1.89. The van der Waals surface area contributed by atoms with Gasteiger partial charge in [-0.1, -0.05) is 6.92 Å². The minimum absolute atomic E-state index is 0.0357. The van der Waals surface area contributed by atoms with Crippen LogP contribution in [0.3, 0.4) is 0 Å². The molecule has 0 saturated heterocycles. The van der Waals surface area contributed by atoms with E-state index in [1.807, 2.05) is 6.92 Å². The van der Waals surface area contributed by atoms with Crippen LogP contribution >= 0.6 is 0 Å². The van der Waals surface area contributed by atoms with Gasteiger partial charge in [-0.3, -0.25) is 0 Å². The predicted molar refractivity (Wildman–Crippen MR) is 69.4 cm³/mol. The molecule has 5 N–H and O–H groups in total. The van der Waals surface area contributed by atoms with Gasteiger partial charge in [0.2, 0.25) is 0 Å². The Morgan fingerprint density at radius 3 is 2.17 bits per heavy atom. The summed E-state index contributed by atoms with van der Waals surface area (Å²) in [7, 11) is 0. The predicted octanol–water partition coefficient (Wildman–Crippen LogP) is 2.48. The Labute approximate surface area is 104 Å². The molecule has 0 fully saturated rings. The number of anilines is 1. The number of fused-ring (bicyclic) bond motifs is 1. The molecule has 0 unspecified atom stereocenters. The smallest absolute Gasteiger partial charge is 0.150 e. The van der Waals surface area contributed by atoms with Crippen molar-refractivity contribution < 1.29 is 20.4 Å². The molecule has 0 atom stereocenters. The summed E-state index contributed by atoms with van der Waals surface area (Å²) in [5.41, 5.74) is 0.322. The van der Waals surface area contributed by atoms with E-state index in [2.05, 4.69) is 5.32 Å². The average molecular weight is 249 g/mol. The summed E-state index contributed by atoms with van der Waals surface area (Å²) in [4.78, 5) is 0. The SMILES string of the molecule is CCCNc1cc(O)c2c(O)ccc(O)c2c1O. The molecule has 18 heavy (non-hydrogen) atoms. The average Bonchev–Trinajstić information content (AvgIpc) is 2.34. The largest absolute Gasteiger partial charge is 0.507 e. The summed E-state index contributed by atoms with van der Waals surface area (Å²) >= 11 is 0. The van der Waals surface area contributed by atoms with Crippen LogP contribution < -0.4 is 5.32 Å². The van der Waals surface area contributed by atoms with Crippen molar-refractivity contribution in [1.29, 1.82) is 0 Å². The van der Waals surface area contributed by atoms with E-state index >= 15 is 0 Å². The van der Waals surface area contributed by atoms with Crippen LogP contribution in [0.1, 0.15) is 13.3 Å². The van der Waals surface area contributed by atoms with Gasteiger partial charge in [-0.15, -0.1) is 0 Å². The van der Waals surface area contributed by atoms with E-state index in [1.54, 1.807) is 0 Å². The van der Waals surface area contributed by atoms with Gasteiger partial charge in [0.05, 0.1) is 16.5 Å². The summed E-state index contributed by atoms with van der Waals surface area (Å²) in [5, 5.41) is 42.3. The second kappa shape index (κ2) is 4.52. The molecule has 96 valence electrons. The number of rotatable bonds is 3. The summed E-state index contributed by atoms with van der Waals surface area (Å²) in [6.45, 7) is 2.59. The lowest BCUT2D eigenvalue weighted by Crippen LogP contribution is -2.00. The number of phenols is 4. The van der Waals surface area contributed by atoms with Crippen LogP contribution in [0.4, 0.5) is 5.69 Å². The third-order valence-corrected chi connectivity index (χ3v) is 2.76. The summed E-state index contributed by atoms with van der Waals surface area (Å²) in [6, 6.07) is 3.85. The van der Waals surface area contributed by atoms with Gasteiger partial charge in [-0.05, 0) is 18.6 Å². The molecule has 2 aromatic carbocycles. The topological polar surface area (TPSA) is 93.0 Å². The highest BCUT2D eigenvalue weighted by Crippen LogP contribution is 2.46. The maximum atomic E-state index is 10.1. The van der Waals surface area contributed by atoms with E-state index in [9.17, 15) is 20.4 Å². The first-order valence-electron chi connectivity index (χ1n) is 5.69. The van der Waals surface area contributed by atoms with E-state index in [0.29, 0.717) is 12.2 Å². The first-order chi connectivity index (χ1) is 8.56. The molecule has 0 bridgehead atoms. The molecule has 0 radical (unpaired) electrons. The van der Waals surface area contributed by atoms with Crippen LogP contribution in [-0.4, -0.2) is 27.0 Å². The molecule has 2 aromatic rings. The Morgan fingerprint density at radius 2 is 1.56 bits per heavy atom. The van der Waals surface area contributed by atoms with Crippen LogP contribution in [0.2, 0.25) is 0 Å². The summed E-state index contributed by atoms with van der Waals surface area (Å²) in [6.07, 6.45) is 0.851. The minimum atomic E-state index is -0.199. The Hall–Kier alpha value is -2.30. The van der Waals surface area contributed by atoms with E-state index in [1.165, 1.54) is 18.2 Å². The Morgan fingerprint density at radius 1 is 0.944 bits per heavy atom. The molecule has 0 heterocycles. The first-order valence-corrected chi connectivity index (χ1v) is 5.69. The van der Waals surface area contributed by atoms with Crippen molar-refractivity contribution in [2.45, 2.75) is 13.3 Å². The molecule has 5 heteroatoms. The van der Waals surface area contributed by atoms with Crippen molar-refractivity contribution in [3.05, 3.63) is 18.2 Å². The zero-order valence-corrected chi connectivity index (χ0v) is 9.94. The van der Waals surface area contributed by atoms with Crippen molar-refractivity contribution in [3.8, 4) is 23.0 Å². The fraction of sp³-hybridized carbons (Fsp3) is 0.231. The number of hydrogen-bond donors (Lipinski definition) is 5. The molecule has 2 rings (SSSR count). The van der Waals surface area contributed by atoms with Crippen molar-refractivity contribution in [3.63, 3.8) is 0 Å². The second-order valence-electron chi connectivity index (χ2n) is 4.07. The molecule has 0 aromatic heterocycles. The van der Waals surface area contributed by atoms with Gasteiger partial charge in [0.15, 0.2) is 5.75 Å². The lowest BCUT2D eigenvalue weighted by molar-refractivity contribution is 0.448. The van der Waals surface area contributed by atoms with Gasteiger partial charge in [0.25, 0.3) is 0 Å². The van der Waals surface area contributed by atoms with Crippen LogP contribution in [0, 0.1) is 0 Å². The Kier molecular flexibility index (Phi) is 3.06. The number of benzene rings is 2. The standard InChI is InChI=1S/C13H15NO4/c1-2-5-14-7-6-10(17)11-8(15)3-4-9(16)12(11)13(7)18/h3-4,6,14-18H,2,5H2,1H3. The van der Waals surface area contributed by atoms with E-state index in [0.717, 1.165) is 6.42 Å². The molecule has 0 aliphatic rings. The van der Waals surface area contributed by atoms with Crippen molar-refractivity contribution in [1.82, 2.24) is 0 Å². The molecule has 0 saturated carbocycles. The van der Waals surface area contributed by atoms with Crippen LogP contribution in [-0.2, 0) is 0 Å². The third-order valence-electron chi connectivity index (χ3n) is 2.76. The van der Waals surface area contributed by atoms with Crippen LogP contribution in [0.25, 0.3) is 10.8 Å².